The van der Waals surface area contributed by atoms with Crippen molar-refractivity contribution in [2.45, 2.75) is 31.2 Å². The van der Waals surface area contributed by atoms with Crippen LogP contribution in [0.5, 0.6) is 0 Å². The van der Waals surface area contributed by atoms with Gasteiger partial charge in [0.2, 0.25) is 0 Å². The molecule has 1 aromatic carbocycles. The summed E-state index contributed by atoms with van der Waals surface area (Å²) in [5, 5.41) is 0. The Labute approximate surface area is 101 Å². The van der Waals surface area contributed by atoms with E-state index in [1.54, 1.807) is 19.1 Å². The Hall–Kier alpha value is -1.40. The van der Waals surface area contributed by atoms with E-state index < -0.39 is 22.1 Å². The molecule has 0 amide bonds. The van der Waals surface area contributed by atoms with Crippen LogP contribution in [0.15, 0.2) is 29.2 Å². The minimum Gasteiger partial charge on any atom is -0.342 e. The second kappa shape index (κ2) is 5.29. The van der Waals surface area contributed by atoms with E-state index in [0.29, 0.717) is 0 Å². The van der Waals surface area contributed by atoms with Crippen molar-refractivity contribution in [2.24, 2.45) is 5.73 Å². The molecule has 94 valence electrons. The van der Waals surface area contributed by atoms with Gasteiger partial charge >= 0.3 is 16.1 Å². The van der Waals surface area contributed by atoms with Gasteiger partial charge in [-0.05, 0) is 26.0 Å². The molecule has 0 heterocycles. The number of carbonyl (C=O) groups excluding carboxylic acids is 1. The molecular formula is C11H15NO4S. The fourth-order valence-electron chi connectivity index (χ4n) is 1.17. The quantitative estimate of drug-likeness (QED) is 0.812. The molecule has 0 fully saturated rings. The topological polar surface area (TPSA) is 86.5 Å². The maximum absolute atomic E-state index is 11.7. The van der Waals surface area contributed by atoms with Gasteiger partial charge in [-0.25, -0.2) is 0 Å². The van der Waals surface area contributed by atoms with E-state index in [9.17, 15) is 13.2 Å². The Morgan fingerprint density at radius 2 is 1.88 bits per heavy atom. The van der Waals surface area contributed by atoms with Crippen LogP contribution in [0.2, 0.25) is 0 Å². The van der Waals surface area contributed by atoms with E-state index in [1.165, 1.54) is 12.1 Å². The lowest BCUT2D eigenvalue weighted by Crippen LogP contribution is -2.23. The molecule has 0 saturated heterocycles. The number of benzene rings is 1. The summed E-state index contributed by atoms with van der Waals surface area (Å²) in [5.74, 6) is -0.847. The number of nitrogens with two attached hydrogens (primary N) is 1. The highest BCUT2D eigenvalue weighted by Gasteiger charge is 2.20. The molecule has 6 heteroatoms. The van der Waals surface area contributed by atoms with Gasteiger partial charge in [0.1, 0.15) is 4.90 Å². The smallest absolute Gasteiger partial charge is 0.341 e. The Bertz CT molecular complexity index is 491. The molecule has 0 spiro atoms. The minimum atomic E-state index is -4.03. The molecule has 0 radical (unpaired) electrons. The second-order valence-electron chi connectivity index (χ2n) is 3.90. The van der Waals surface area contributed by atoms with Crippen molar-refractivity contribution >= 4 is 16.1 Å². The van der Waals surface area contributed by atoms with Gasteiger partial charge in [-0.1, -0.05) is 17.7 Å². The third-order valence-electron chi connectivity index (χ3n) is 2.00. The molecule has 5 nitrogen and oxygen atoms in total. The van der Waals surface area contributed by atoms with Gasteiger partial charge in [0.15, 0.2) is 0 Å². The third kappa shape index (κ3) is 4.16. The van der Waals surface area contributed by atoms with Crippen molar-refractivity contribution < 1.29 is 17.4 Å². The number of hydrogen-bond acceptors (Lipinski definition) is 5. The fraction of sp³-hybridized carbons (Fsp3) is 0.364. The Morgan fingerprint density at radius 1 is 1.35 bits per heavy atom. The lowest BCUT2D eigenvalue weighted by Gasteiger charge is -2.07. The number of aryl methyl sites for hydroxylation is 1. The van der Waals surface area contributed by atoms with E-state index in [2.05, 4.69) is 4.18 Å². The van der Waals surface area contributed by atoms with Gasteiger partial charge in [0.05, 0.1) is 6.42 Å². The van der Waals surface area contributed by atoms with Crippen LogP contribution in [0.25, 0.3) is 0 Å². The summed E-state index contributed by atoms with van der Waals surface area (Å²) in [6.45, 7) is 3.43. The van der Waals surface area contributed by atoms with Gasteiger partial charge < -0.3 is 9.92 Å². The summed E-state index contributed by atoms with van der Waals surface area (Å²) >= 11 is 0. The molecule has 0 saturated carbocycles. The van der Waals surface area contributed by atoms with Gasteiger partial charge in [-0.15, -0.1) is 0 Å². The highest BCUT2D eigenvalue weighted by atomic mass is 32.2. The highest BCUT2D eigenvalue weighted by molar-refractivity contribution is 7.87. The first-order valence-corrected chi connectivity index (χ1v) is 6.51. The molecule has 2 N–H and O–H groups in total. The largest absolute Gasteiger partial charge is 0.342 e. The molecule has 1 rings (SSSR count). The molecule has 0 aliphatic heterocycles. The lowest BCUT2D eigenvalue weighted by atomic mass is 10.2. The standard InChI is InChI=1S/C11H15NO4S/c1-8-3-5-10(6-4-8)17(14,15)16-11(13)7-9(2)12/h3-6,9H,7,12H2,1-2H3/t9-/m1/s1. The zero-order valence-corrected chi connectivity index (χ0v) is 10.5. The van der Waals surface area contributed by atoms with Crippen LogP contribution in [0.4, 0.5) is 0 Å². The second-order valence-corrected chi connectivity index (χ2v) is 5.45. The molecule has 0 bridgehead atoms. The summed E-state index contributed by atoms with van der Waals surface area (Å²) in [6.07, 6.45) is -0.134. The molecule has 0 unspecified atom stereocenters. The minimum absolute atomic E-state index is 0.0406. The van der Waals surface area contributed by atoms with Crippen molar-refractivity contribution in [3.63, 3.8) is 0 Å². The van der Waals surface area contributed by atoms with Crippen molar-refractivity contribution in [3.8, 4) is 0 Å². The number of rotatable bonds is 4. The monoisotopic (exact) mass is 257 g/mol. The molecule has 17 heavy (non-hydrogen) atoms. The highest BCUT2D eigenvalue weighted by Crippen LogP contribution is 2.14. The Balaban J connectivity index is 2.82. The predicted molar refractivity (Wildman–Crippen MR) is 62.7 cm³/mol. The van der Waals surface area contributed by atoms with Gasteiger partial charge in [0.25, 0.3) is 0 Å². The predicted octanol–water partition coefficient (Wildman–Crippen LogP) is 0.964. The summed E-state index contributed by atoms with van der Waals surface area (Å²) < 4.78 is 27.7. The number of hydrogen-bond donors (Lipinski definition) is 1. The first-order chi connectivity index (χ1) is 7.81. The lowest BCUT2D eigenvalue weighted by molar-refractivity contribution is -0.134. The van der Waals surface area contributed by atoms with Gasteiger partial charge in [-0.3, -0.25) is 4.79 Å². The average Bonchev–Trinajstić information content (AvgIpc) is 2.15. The Morgan fingerprint density at radius 3 is 2.35 bits per heavy atom. The maximum atomic E-state index is 11.7. The van der Waals surface area contributed by atoms with Crippen molar-refractivity contribution in [1.29, 1.82) is 0 Å². The molecule has 1 atom stereocenters. The van der Waals surface area contributed by atoms with Crippen LogP contribution in [0.1, 0.15) is 18.9 Å². The van der Waals surface area contributed by atoms with E-state index >= 15 is 0 Å². The zero-order chi connectivity index (χ0) is 13.1. The van der Waals surface area contributed by atoms with Crippen LogP contribution in [0, 0.1) is 6.92 Å². The van der Waals surface area contributed by atoms with Gasteiger partial charge in [-0.2, -0.15) is 8.42 Å². The molecule has 0 aliphatic carbocycles. The molecule has 1 aromatic rings. The first kappa shape index (κ1) is 13.7. The van der Waals surface area contributed by atoms with Crippen LogP contribution in [-0.4, -0.2) is 20.4 Å². The summed E-state index contributed by atoms with van der Waals surface area (Å²) in [6, 6.07) is 5.61. The SMILES string of the molecule is Cc1ccc(S(=O)(=O)OC(=O)C[C@@H](C)N)cc1. The average molecular weight is 257 g/mol. The van der Waals surface area contributed by atoms with Crippen molar-refractivity contribution in [2.75, 3.05) is 0 Å². The normalized spacial score (nSPS) is 13.1. The van der Waals surface area contributed by atoms with E-state index in [1.807, 2.05) is 6.92 Å². The van der Waals surface area contributed by atoms with Crippen LogP contribution in [-0.2, 0) is 19.1 Å². The van der Waals surface area contributed by atoms with Crippen LogP contribution < -0.4 is 5.73 Å². The van der Waals surface area contributed by atoms with Crippen LogP contribution >= 0.6 is 0 Å². The summed E-state index contributed by atoms with van der Waals surface area (Å²) in [4.78, 5) is 11.2. The molecule has 0 aromatic heterocycles. The summed E-state index contributed by atoms with van der Waals surface area (Å²) in [7, 11) is -4.03. The van der Waals surface area contributed by atoms with E-state index in [0.717, 1.165) is 5.56 Å². The van der Waals surface area contributed by atoms with Crippen molar-refractivity contribution in [1.82, 2.24) is 0 Å². The third-order valence-corrected chi connectivity index (χ3v) is 3.26. The van der Waals surface area contributed by atoms with Gasteiger partial charge in [0, 0.05) is 6.04 Å². The number of carbonyl (C=O) groups is 1. The molecule has 0 aliphatic rings. The Kier molecular flexibility index (Phi) is 4.25. The zero-order valence-electron chi connectivity index (χ0n) is 9.71. The van der Waals surface area contributed by atoms with Crippen molar-refractivity contribution in [3.05, 3.63) is 29.8 Å². The molecular weight excluding hydrogens is 242 g/mol. The van der Waals surface area contributed by atoms with Crippen LogP contribution in [0.3, 0.4) is 0 Å². The van der Waals surface area contributed by atoms with E-state index in [4.69, 9.17) is 5.73 Å². The maximum Gasteiger partial charge on any atom is 0.341 e. The van der Waals surface area contributed by atoms with E-state index in [-0.39, 0.29) is 11.3 Å². The summed E-state index contributed by atoms with van der Waals surface area (Å²) in [5.41, 5.74) is 6.30. The fourth-order valence-corrected chi connectivity index (χ4v) is 2.05. The first-order valence-electron chi connectivity index (χ1n) is 5.11.